The maximum Gasteiger partial charge on any atom is 0.305 e. The lowest BCUT2D eigenvalue weighted by atomic mass is 10.2. The van der Waals surface area contributed by atoms with Gasteiger partial charge in [-0.15, -0.1) is 11.3 Å². The van der Waals surface area contributed by atoms with E-state index in [1.54, 1.807) is 11.3 Å². The Morgan fingerprint density at radius 2 is 2.35 bits per heavy atom. The van der Waals surface area contributed by atoms with Gasteiger partial charge in [0, 0.05) is 17.3 Å². The van der Waals surface area contributed by atoms with Crippen molar-refractivity contribution in [3.63, 3.8) is 0 Å². The summed E-state index contributed by atoms with van der Waals surface area (Å²) in [5, 5.41) is 3.35. The maximum atomic E-state index is 11.1. The molecule has 0 aliphatic heterocycles. The number of carbonyl (C=O) groups excluding carboxylic acids is 1. The second-order valence-corrected chi connectivity index (χ2v) is 5.47. The van der Waals surface area contributed by atoms with Crippen LogP contribution in [-0.4, -0.2) is 19.1 Å². The number of ether oxygens (including phenoxy) is 1. The topological polar surface area (TPSA) is 38.3 Å². The zero-order valence-electron chi connectivity index (χ0n) is 10.2. The Morgan fingerprint density at radius 1 is 1.59 bits per heavy atom. The fraction of sp³-hybridized carbons (Fsp3) is 0.583. The molecule has 0 fully saturated rings. The van der Waals surface area contributed by atoms with Crippen molar-refractivity contribution in [2.45, 2.75) is 32.7 Å². The van der Waals surface area contributed by atoms with Crippen LogP contribution < -0.4 is 5.32 Å². The van der Waals surface area contributed by atoms with Gasteiger partial charge in [0.1, 0.15) is 0 Å². The summed E-state index contributed by atoms with van der Waals surface area (Å²) in [4.78, 5) is 12.3. The van der Waals surface area contributed by atoms with Crippen LogP contribution in [0.1, 0.15) is 37.6 Å². The Bertz CT molecular complexity index is 354. The Kier molecular flexibility index (Phi) is 6.55. The second-order valence-electron chi connectivity index (χ2n) is 3.73. The van der Waals surface area contributed by atoms with Gasteiger partial charge in [-0.25, -0.2) is 0 Å². The van der Waals surface area contributed by atoms with Gasteiger partial charge in [-0.2, -0.15) is 0 Å². The summed E-state index contributed by atoms with van der Waals surface area (Å²) in [5.74, 6) is -0.124. The van der Waals surface area contributed by atoms with Gasteiger partial charge in [-0.05, 0) is 38.9 Å². The molecule has 1 aromatic heterocycles. The summed E-state index contributed by atoms with van der Waals surface area (Å²) in [5.41, 5.74) is 0. The van der Waals surface area contributed by atoms with E-state index in [1.807, 2.05) is 19.1 Å². The van der Waals surface area contributed by atoms with E-state index in [-0.39, 0.29) is 12.0 Å². The van der Waals surface area contributed by atoms with E-state index in [4.69, 9.17) is 16.3 Å². The molecule has 0 radical (unpaired) electrons. The molecule has 1 N–H and O–H groups in total. The summed E-state index contributed by atoms with van der Waals surface area (Å²) in [6.07, 6.45) is 1.26. The molecule has 96 valence electrons. The molecular formula is C12H18ClNO2S. The molecule has 0 aliphatic rings. The van der Waals surface area contributed by atoms with Crippen molar-refractivity contribution in [1.29, 1.82) is 0 Å². The van der Waals surface area contributed by atoms with E-state index in [2.05, 4.69) is 12.2 Å². The zero-order chi connectivity index (χ0) is 12.7. The number of hydrogen-bond acceptors (Lipinski definition) is 4. The van der Waals surface area contributed by atoms with Crippen LogP contribution in [0.5, 0.6) is 0 Å². The first-order chi connectivity index (χ1) is 8.13. The third-order valence-corrected chi connectivity index (χ3v) is 3.75. The van der Waals surface area contributed by atoms with Gasteiger partial charge in [0.15, 0.2) is 0 Å². The van der Waals surface area contributed by atoms with Crippen molar-refractivity contribution >= 4 is 28.9 Å². The first kappa shape index (κ1) is 14.5. The third-order valence-electron chi connectivity index (χ3n) is 2.33. The molecule has 0 amide bonds. The molecule has 0 spiro atoms. The predicted octanol–water partition coefficient (Wildman–Crippen LogP) is 3.40. The van der Waals surface area contributed by atoms with E-state index in [0.717, 1.165) is 17.3 Å². The molecule has 0 aliphatic carbocycles. The Labute approximate surface area is 111 Å². The second kappa shape index (κ2) is 7.69. The molecule has 0 aromatic carbocycles. The van der Waals surface area contributed by atoms with E-state index >= 15 is 0 Å². The van der Waals surface area contributed by atoms with E-state index in [1.165, 1.54) is 4.88 Å². The smallest absolute Gasteiger partial charge is 0.305 e. The Balaban J connectivity index is 2.16. The molecular weight excluding hydrogens is 258 g/mol. The van der Waals surface area contributed by atoms with Crippen LogP contribution in [0.3, 0.4) is 0 Å². The number of carbonyl (C=O) groups is 1. The lowest BCUT2D eigenvalue weighted by Gasteiger charge is -2.11. The molecule has 5 heteroatoms. The number of nitrogens with one attached hydrogen (secondary N) is 1. The summed E-state index contributed by atoms with van der Waals surface area (Å²) < 4.78 is 5.66. The molecule has 1 heterocycles. The van der Waals surface area contributed by atoms with Crippen molar-refractivity contribution in [1.82, 2.24) is 5.32 Å². The molecule has 17 heavy (non-hydrogen) atoms. The molecule has 1 aromatic rings. The first-order valence-corrected chi connectivity index (χ1v) is 6.97. The normalized spacial score (nSPS) is 12.4. The number of hydrogen-bond donors (Lipinski definition) is 1. The minimum absolute atomic E-state index is 0.124. The van der Waals surface area contributed by atoms with Crippen LogP contribution in [0.4, 0.5) is 0 Å². The predicted molar refractivity (Wildman–Crippen MR) is 71.6 cm³/mol. The summed E-state index contributed by atoms with van der Waals surface area (Å²) in [7, 11) is 0. The SMILES string of the molecule is CCOC(=O)CCCNC(C)c1ccc(Cl)s1. The van der Waals surface area contributed by atoms with Gasteiger partial charge >= 0.3 is 5.97 Å². The van der Waals surface area contributed by atoms with E-state index < -0.39 is 0 Å². The molecule has 0 saturated carbocycles. The summed E-state index contributed by atoms with van der Waals surface area (Å²) >= 11 is 7.45. The van der Waals surface area contributed by atoms with Crippen LogP contribution in [0.15, 0.2) is 12.1 Å². The quantitative estimate of drug-likeness (QED) is 0.612. The standard InChI is InChI=1S/C12H18ClNO2S/c1-3-16-12(15)5-4-8-14-9(2)10-6-7-11(13)17-10/h6-7,9,14H,3-5,8H2,1-2H3. The van der Waals surface area contributed by atoms with Gasteiger partial charge < -0.3 is 10.1 Å². The van der Waals surface area contributed by atoms with Crippen molar-refractivity contribution in [2.75, 3.05) is 13.2 Å². The van der Waals surface area contributed by atoms with Crippen molar-refractivity contribution in [3.8, 4) is 0 Å². The highest BCUT2D eigenvalue weighted by atomic mass is 35.5. The van der Waals surface area contributed by atoms with Crippen LogP contribution >= 0.6 is 22.9 Å². The van der Waals surface area contributed by atoms with Gasteiger partial charge in [-0.3, -0.25) is 4.79 Å². The molecule has 1 unspecified atom stereocenters. The molecule has 0 saturated heterocycles. The van der Waals surface area contributed by atoms with Crippen LogP contribution in [0.25, 0.3) is 0 Å². The van der Waals surface area contributed by atoms with Crippen molar-refractivity contribution < 1.29 is 9.53 Å². The Hall–Kier alpha value is -0.580. The van der Waals surface area contributed by atoms with E-state index in [9.17, 15) is 4.79 Å². The van der Waals surface area contributed by atoms with Gasteiger partial charge in [0.25, 0.3) is 0 Å². The highest BCUT2D eigenvalue weighted by Gasteiger charge is 2.07. The summed E-state index contributed by atoms with van der Waals surface area (Å²) in [6.45, 7) is 5.16. The minimum Gasteiger partial charge on any atom is -0.466 e. The minimum atomic E-state index is -0.124. The van der Waals surface area contributed by atoms with Crippen LogP contribution in [0, 0.1) is 0 Å². The first-order valence-electron chi connectivity index (χ1n) is 5.77. The molecule has 1 atom stereocenters. The van der Waals surface area contributed by atoms with Crippen molar-refractivity contribution in [3.05, 3.63) is 21.3 Å². The number of halogens is 1. The maximum absolute atomic E-state index is 11.1. The largest absolute Gasteiger partial charge is 0.466 e. The highest BCUT2D eigenvalue weighted by Crippen LogP contribution is 2.26. The Morgan fingerprint density at radius 3 is 2.94 bits per heavy atom. The van der Waals surface area contributed by atoms with Gasteiger partial charge in [0.05, 0.1) is 10.9 Å². The average molecular weight is 276 g/mol. The molecule has 1 rings (SSSR count). The fourth-order valence-corrected chi connectivity index (χ4v) is 2.53. The fourth-order valence-electron chi connectivity index (χ4n) is 1.45. The zero-order valence-corrected chi connectivity index (χ0v) is 11.7. The van der Waals surface area contributed by atoms with Crippen molar-refractivity contribution in [2.24, 2.45) is 0 Å². The third kappa shape index (κ3) is 5.52. The highest BCUT2D eigenvalue weighted by molar-refractivity contribution is 7.16. The molecule has 0 bridgehead atoms. The number of thiophene rings is 1. The van der Waals surface area contributed by atoms with Gasteiger partial charge in [0.2, 0.25) is 0 Å². The summed E-state index contributed by atoms with van der Waals surface area (Å²) in [6, 6.07) is 4.20. The average Bonchev–Trinajstić information content (AvgIpc) is 2.71. The van der Waals surface area contributed by atoms with Gasteiger partial charge in [-0.1, -0.05) is 11.6 Å². The van der Waals surface area contributed by atoms with Crippen LogP contribution in [0.2, 0.25) is 4.34 Å². The lowest BCUT2D eigenvalue weighted by Crippen LogP contribution is -2.20. The number of rotatable bonds is 7. The number of esters is 1. The lowest BCUT2D eigenvalue weighted by molar-refractivity contribution is -0.143. The monoisotopic (exact) mass is 275 g/mol. The van der Waals surface area contributed by atoms with Crippen LogP contribution in [-0.2, 0) is 9.53 Å². The van der Waals surface area contributed by atoms with E-state index in [0.29, 0.717) is 13.0 Å². The molecule has 3 nitrogen and oxygen atoms in total.